The van der Waals surface area contributed by atoms with E-state index in [1.807, 2.05) is 18.4 Å². The second-order valence-corrected chi connectivity index (χ2v) is 9.59. The lowest BCUT2D eigenvalue weighted by molar-refractivity contribution is 0.0635. The van der Waals surface area contributed by atoms with Crippen LogP contribution in [0.25, 0.3) is 10.4 Å². The van der Waals surface area contributed by atoms with Crippen LogP contribution in [0, 0.1) is 5.13 Å². The highest BCUT2D eigenvalue weighted by atomic mass is 32.2. The minimum Gasteiger partial charge on any atom is -0.444 e. The topological polar surface area (TPSA) is 67.4 Å². The Morgan fingerprint density at radius 2 is 1.68 bits per heavy atom. The fourth-order valence-electron chi connectivity index (χ4n) is 2.73. The summed E-state index contributed by atoms with van der Waals surface area (Å²) in [6.45, 7) is 5.30. The molecule has 8 heteroatoms. The smallest absolute Gasteiger partial charge is 0.412 e. The lowest BCUT2D eigenvalue weighted by atomic mass is 10.1. The average molecular weight is 459 g/mol. The van der Waals surface area contributed by atoms with Gasteiger partial charge in [0.25, 0.3) is 5.91 Å². The molecule has 0 saturated carbocycles. The van der Waals surface area contributed by atoms with E-state index in [2.05, 4.69) is 10.6 Å². The molecular formula is C23H23FN2O3S2. The second-order valence-electron chi connectivity index (χ2n) is 7.67. The number of hydrogen-bond acceptors (Lipinski definition) is 5. The summed E-state index contributed by atoms with van der Waals surface area (Å²) in [5.74, 6) is -0.325. The van der Waals surface area contributed by atoms with Gasteiger partial charge in [-0.05, 0) is 81.1 Å². The zero-order chi connectivity index (χ0) is 22.6. The number of carbonyl (C=O) groups excluding carboxylic acids is 2. The van der Waals surface area contributed by atoms with E-state index in [0.29, 0.717) is 21.8 Å². The van der Waals surface area contributed by atoms with Crippen LogP contribution in [0.15, 0.2) is 59.5 Å². The van der Waals surface area contributed by atoms with Crippen LogP contribution < -0.4 is 10.6 Å². The van der Waals surface area contributed by atoms with E-state index in [4.69, 9.17) is 4.74 Å². The first-order valence-corrected chi connectivity index (χ1v) is 11.5. The van der Waals surface area contributed by atoms with Gasteiger partial charge in [-0.15, -0.1) is 23.1 Å². The molecule has 31 heavy (non-hydrogen) atoms. The Labute approximate surface area is 189 Å². The molecule has 2 amide bonds. The summed E-state index contributed by atoms with van der Waals surface area (Å²) in [7, 11) is 0. The van der Waals surface area contributed by atoms with Gasteiger partial charge in [0.2, 0.25) is 0 Å². The van der Waals surface area contributed by atoms with Crippen LogP contribution in [0.2, 0.25) is 0 Å². The van der Waals surface area contributed by atoms with Crippen molar-refractivity contribution in [3.8, 4) is 10.4 Å². The van der Waals surface area contributed by atoms with Crippen molar-refractivity contribution in [3.05, 3.63) is 65.3 Å². The van der Waals surface area contributed by atoms with Crippen molar-refractivity contribution in [2.24, 2.45) is 0 Å². The van der Waals surface area contributed by atoms with Crippen LogP contribution in [0.3, 0.4) is 0 Å². The van der Waals surface area contributed by atoms with Gasteiger partial charge in [0.05, 0.1) is 11.4 Å². The molecule has 0 aliphatic carbocycles. The number of amides is 2. The predicted octanol–water partition coefficient (Wildman–Crippen LogP) is 6.88. The van der Waals surface area contributed by atoms with E-state index >= 15 is 0 Å². The van der Waals surface area contributed by atoms with Crippen molar-refractivity contribution in [2.45, 2.75) is 31.3 Å². The summed E-state index contributed by atoms with van der Waals surface area (Å²) in [5.41, 5.74) is 1.30. The summed E-state index contributed by atoms with van der Waals surface area (Å²) < 4.78 is 18.8. The van der Waals surface area contributed by atoms with Crippen LogP contribution >= 0.6 is 23.1 Å². The summed E-state index contributed by atoms with van der Waals surface area (Å²) >= 11 is 2.59. The largest absolute Gasteiger partial charge is 0.444 e. The SMILES string of the molecule is CSc1ccc(C(=O)Nc2cc(-c3ccc(F)s3)ccc2NC(=O)OC(C)(C)C)cc1. The minimum absolute atomic E-state index is 0.301. The van der Waals surface area contributed by atoms with E-state index in [0.717, 1.165) is 21.8 Å². The zero-order valence-corrected chi connectivity index (χ0v) is 19.2. The number of benzene rings is 2. The molecule has 3 aromatic rings. The van der Waals surface area contributed by atoms with Crippen molar-refractivity contribution >= 4 is 46.5 Å². The summed E-state index contributed by atoms with van der Waals surface area (Å²) in [4.78, 5) is 26.8. The van der Waals surface area contributed by atoms with Crippen molar-refractivity contribution in [3.63, 3.8) is 0 Å². The Hall–Kier alpha value is -2.84. The van der Waals surface area contributed by atoms with Gasteiger partial charge >= 0.3 is 6.09 Å². The zero-order valence-electron chi connectivity index (χ0n) is 17.6. The second kappa shape index (κ2) is 9.53. The number of halogens is 1. The molecule has 0 bridgehead atoms. The third-order valence-corrected chi connectivity index (χ3v) is 5.78. The van der Waals surface area contributed by atoms with E-state index in [-0.39, 0.29) is 11.0 Å². The number of ether oxygens (including phenoxy) is 1. The van der Waals surface area contributed by atoms with Gasteiger partial charge in [-0.3, -0.25) is 10.1 Å². The Morgan fingerprint density at radius 3 is 2.26 bits per heavy atom. The number of nitrogens with one attached hydrogen (secondary N) is 2. The van der Waals surface area contributed by atoms with Crippen LogP contribution in [0.5, 0.6) is 0 Å². The molecule has 5 nitrogen and oxygen atoms in total. The first kappa shape index (κ1) is 22.8. The standard InChI is InChI=1S/C23H23FN2O3S2/c1-23(2,3)29-22(28)26-17-10-7-15(19-11-12-20(24)31-19)13-18(17)25-21(27)14-5-8-16(30-4)9-6-14/h5-13H,1-4H3,(H,25,27)(H,26,28). The first-order chi connectivity index (χ1) is 14.6. The fourth-order valence-corrected chi connectivity index (χ4v) is 3.87. The Balaban J connectivity index is 1.90. The van der Waals surface area contributed by atoms with Crippen molar-refractivity contribution in [2.75, 3.05) is 16.9 Å². The Morgan fingerprint density at radius 1 is 0.968 bits per heavy atom. The number of thioether (sulfide) groups is 1. The van der Waals surface area contributed by atoms with Gasteiger partial charge in [-0.2, -0.15) is 4.39 Å². The van der Waals surface area contributed by atoms with Gasteiger partial charge in [0.1, 0.15) is 5.60 Å². The Bertz CT molecular complexity index is 1090. The molecule has 2 N–H and O–H groups in total. The summed E-state index contributed by atoms with van der Waals surface area (Å²) in [5, 5.41) is 5.22. The van der Waals surface area contributed by atoms with Gasteiger partial charge in [-0.25, -0.2) is 4.79 Å². The molecule has 0 saturated heterocycles. The average Bonchev–Trinajstić information content (AvgIpc) is 3.14. The molecule has 0 radical (unpaired) electrons. The van der Waals surface area contributed by atoms with Crippen molar-refractivity contribution in [1.82, 2.24) is 0 Å². The van der Waals surface area contributed by atoms with Crippen LogP contribution in [-0.4, -0.2) is 23.9 Å². The van der Waals surface area contributed by atoms with Crippen LogP contribution in [0.4, 0.5) is 20.6 Å². The molecule has 0 unspecified atom stereocenters. The minimum atomic E-state index is -0.666. The lowest BCUT2D eigenvalue weighted by Gasteiger charge is -2.21. The van der Waals surface area contributed by atoms with Gasteiger partial charge in [0.15, 0.2) is 5.13 Å². The van der Waals surface area contributed by atoms with E-state index in [1.54, 1.807) is 68.9 Å². The number of anilines is 2. The fraction of sp³-hybridized carbons (Fsp3) is 0.217. The molecule has 0 fully saturated rings. The van der Waals surface area contributed by atoms with Crippen LogP contribution in [-0.2, 0) is 4.74 Å². The molecule has 0 aliphatic heterocycles. The van der Waals surface area contributed by atoms with Crippen molar-refractivity contribution < 1.29 is 18.7 Å². The van der Waals surface area contributed by atoms with E-state index in [9.17, 15) is 14.0 Å². The summed E-state index contributed by atoms with van der Waals surface area (Å²) in [6, 6.07) is 15.4. The molecule has 0 aliphatic rings. The third kappa shape index (κ3) is 6.32. The quantitative estimate of drug-likeness (QED) is 0.409. The molecule has 2 aromatic carbocycles. The van der Waals surface area contributed by atoms with Gasteiger partial charge in [-0.1, -0.05) is 6.07 Å². The normalized spacial score (nSPS) is 11.1. The van der Waals surface area contributed by atoms with Gasteiger partial charge < -0.3 is 10.1 Å². The molecule has 0 spiro atoms. The van der Waals surface area contributed by atoms with E-state index < -0.39 is 11.7 Å². The lowest BCUT2D eigenvalue weighted by Crippen LogP contribution is -2.27. The molecular weight excluding hydrogens is 435 g/mol. The maximum absolute atomic E-state index is 13.5. The maximum atomic E-state index is 13.5. The van der Waals surface area contributed by atoms with E-state index in [1.165, 1.54) is 6.07 Å². The van der Waals surface area contributed by atoms with Crippen LogP contribution in [0.1, 0.15) is 31.1 Å². The highest BCUT2D eigenvalue weighted by molar-refractivity contribution is 7.98. The maximum Gasteiger partial charge on any atom is 0.412 e. The highest BCUT2D eigenvalue weighted by Crippen LogP contribution is 2.33. The third-order valence-electron chi connectivity index (χ3n) is 4.11. The first-order valence-electron chi connectivity index (χ1n) is 9.50. The molecule has 1 aromatic heterocycles. The number of hydrogen-bond donors (Lipinski definition) is 2. The summed E-state index contributed by atoms with van der Waals surface area (Å²) in [6.07, 6.45) is 1.32. The number of rotatable bonds is 5. The molecule has 1 heterocycles. The molecule has 0 atom stereocenters. The molecule has 3 rings (SSSR count). The van der Waals surface area contributed by atoms with Gasteiger partial charge in [0, 0.05) is 15.3 Å². The monoisotopic (exact) mass is 458 g/mol. The Kier molecular flexibility index (Phi) is 7.02. The van der Waals surface area contributed by atoms with Crippen molar-refractivity contribution in [1.29, 1.82) is 0 Å². The highest BCUT2D eigenvalue weighted by Gasteiger charge is 2.19. The number of thiophene rings is 1. The predicted molar refractivity (Wildman–Crippen MR) is 126 cm³/mol. The number of carbonyl (C=O) groups is 2. The molecule has 162 valence electrons.